The quantitative estimate of drug-likeness (QED) is 0.214. The van der Waals surface area contributed by atoms with Crippen molar-refractivity contribution in [3.8, 4) is 0 Å². The normalized spacial score (nSPS) is 12.2. The Morgan fingerprint density at radius 3 is 2.19 bits per heavy atom. The van der Waals surface area contributed by atoms with E-state index in [1.807, 2.05) is 56.3 Å². The fourth-order valence-corrected chi connectivity index (χ4v) is 5.59. The van der Waals surface area contributed by atoms with Crippen molar-refractivity contribution in [3.63, 3.8) is 0 Å². The minimum atomic E-state index is -3.56. The molecule has 3 aromatic carbocycles. The molecule has 0 saturated heterocycles. The zero-order valence-corrected chi connectivity index (χ0v) is 26.0. The molecule has 0 fully saturated rings. The lowest BCUT2D eigenvalue weighted by molar-refractivity contribution is -0.141. The van der Waals surface area contributed by atoms with Gasteiger partial charge in [0.15, 0.2) is 0 Å². The van der Waals surface area contributed by atoms with Crippen molar-refractivity contribution in [2.24, 2.45) is 0 Å². The zero-order valence-electron chi connectivity index (χ0n) is 24.4. The Bertz CT molecular complexity index is 1380. The van der Waals surface area contributed by atoms with Gasteiger partial charge in [0.1, 0.15) is 6.04 Å². The Morgan fingerprint density at radius 2 is 1.57 bits per heavy atom. The second-order valence-electron chi connectivity index (χ2n) is 10.2. The second-order valence-corrected chi connectivity index (χ2v) is 12.4. The molecule has 8 nitrogen and oxygen atoms in total. The number of ether oxygens (including phenoxy) is 1. The number of rotatable bonds is 16. The SMILES string of the molecule is CCNS(=O)(=O)c1ccc(CCC(=O)N(Cc2ccc(Cl)cc2)C(C(=O)NCCCOC(C)C)c2ccccc2)cc1. The van der Waals surface area contributed by atoms with E-state index in [1.54, 1.807) is 36.1 Å². The molecule has 1 unspecified atom stereocenters. The summed E-state index contributed by atoms with van der Waals surface area (Å²) in [6.07, 6.45) is 1.27. The van der Waals surface area contributed by atoms with Gasteiger partial charge in [0.25, 0.3) is 0 Å². The van der Waals surface area contributed by atoms with Gasteiger partial charge >= 0.3 is 0 Å². The summed E-state index contributed by atoms with van der Waals surface area (Å²) in [6.45, 7) is 7.09. The van der Waals surface area contributed by atoms with Gasteiger partial charge < -0.3 is 15.0 Å². The van der Waals surface area contributed by atoms with Gasteiger partial charge in [-0.15, -0.1) is 0 Å². The van der Waals surface area contributed by atoms with E-state index < -0.39 is 16.1 Å². The van der Waals surface area contributed by atoms with E-state index in [4.69, 9.17) is 16.3 Å². The average molecular weight is 614 g/mol. The fourth-order valence-electron chi connectivity index (χ4n) is 4.42. The molecule has 0 aliphatic heterocycles. The third kappa shape index (κ3) is 10.2. The topological polar surface area (TPSA) is 105 Å². The van der Waals surface area contributed by atoms with Crippen LogP contribution in [0.1, 0.15) is 56.3 Å². The Morgan fingerprint density at radius 1 is 0.929 bits per heavy atom. The molecule has 1 atom stereocenters. The average Bonchev–Trinajstić information content (AvgIpc) is 2.97. The summed E-state index contributed by atoms with van der Waals surface area (Å²) in [4.78, 5) is 29.3. The molecular weight excluding hydrogens is 574 g/mol. The Labute approximate surface area is 254 Å². The van der Waals surface area contributed by atoms with Crippen molar-refractivity contribution < 1.29 is 22.7 Å². The summed E-state index contributed by atoms with van der Waals surface area (Å²) in [7, 11) is -3.56. The van der Waals surface area contributed by atoms with E-state index in [1.165, 1.54) is 12.1 Å². The molecule has 2 amide bonds. The summed E-state index contributed by atoms with van der Waals surface area (Å²) in [5.74, 6) is -0.479. The summed E-state index contributed by atoms with van der Waals surface area (Å²) >= 11 is 6.10. The van der Waals surface area contributed by atoms with Crippen molar-refractivity contribution in [2.75, 3.05) is 19.7 Å². The highest BCUT2D eigenvalue weighted by Gasteiger charge is 2.31. The fraction of sp³-hybridized carbons (Fsp3) is 0.375. The molecule has 0 heterocycles. The van der Waals surface area contributed by atoms with Crippen molar-refractivity contribution in [3.05, 3.63) is 101 Å². The molecule has 0 aromatic heterocycles. The first-order valence-electron chi connectivity index (χ1n) is 14.2. The van der Waals surface area contributed by atoms with E-state index in [2.05, 4.69) is 10.0 Å². The lowest BCUT2D eigenvalue weighted by atomic mass is 10.0. The van der Waals surface area contributed by atoms with Crippen molar-refractivity contribution >= 4 is 33.4 Å². The van der Waals surface area contributed by atoms with Crippen LogP contribution in [0.2, 0.25) is 5.02 Å². The third-order valence-corrected chi connectivity index (χ3v) is 8.34. The van der Waals surface area contributed by atoms with Gasteiger partial charge in [-0.2, -0.15) is 0 Å². The van der Waals surface area contributed by atoms with Crippen molar-refractivity contribution in [1.29, 1.82) is 0 Å². The maximum Gasteiger partial charge on any atom is 0.247 e. The molecule has 0 aliphatic carbocycles. The first-order chi connectivity index (χ1) is 20.1. The molecular formula is C32H40ClN3O5S. The second kappa shape index (κ2) is 16.4. The Hall–Kier alpha value is -3.24. The van der Waals surface area contributed by atoms with Crippen molar-refractivity contribution in [1.82, 2.24) is 14.9 Å². The van der Waals surface area contributed by atoms with E-state index in [9.17, 15) is 18.0 Å². The molecule has 42 heavy (non-hydrogen) atoms. The number of aryl methyl sites for hydroxylation is 1. The number of hydrogen-bond acceptors (Lipinski definition) is 5. The van der Waals surface area contributed by atoms with Crippen LogP contribution in [0.25, 0.3) is 0 Å². The van der Waals surface area contributed by atoms with E-state index >= 15 is 0 Å². The van der Waals surface area contributed by atoms with Crippen LogP contribution in [-0.4, -0.2) is 50.9 Å². The number of nitrogens with zero attached hydrogens (tertiary/aromatic N) is 1. The van der Waals surface area contributed by atoms with Gasteiger partial charge in [-0.3, -0.25) is 9.59 Å². The number of nitrogens with one attached hydrogen (secondary N) is 2. The minimum Gasteiger partial charge on any atom is -0.379 e. The maximum absolute atomic E-state index is 13.9. The molecule has 3 aromatic rings. The summed E-state index contributed by atoms with van der Waals surface area (Å²) in [5, 5.41) is 3.57. The lowest BCUT2D eigenvalue weighted by Crippen LogP contribution is -2.44. The summed E-state index contributed by atoms with van der Waals surface area (Å²) in [6, 6.07) is 22.1. The van der Waals surface area contributed by atoms with Crippen molar-refractivity contribution in [2.45, 2.75) is 63.6 Å². The predicted molar refractivity (Wildman–Crippen MR) is 166 cm³/mol. The van der Waals surface area contributed by atoms with Crippen LogP contribution < -0.4 is 10.0 Å². The molecule has 10 heteroatoms. The largest absolute Gasteiger partial charge is 0.379 e. The molecule has 0 bridgehead atoms. The van der Waals surface area contributed by atoms with E-state index in [0.717, 1.165) is 11.1 Å². The maximum atomic E-state index is 13.9. The number of benzene rings is 3. The van der Waals surface area contributed by atoms with Crippen LogP contribution in [0.4, 0.5) is 0 Å². The first-order valence-corrected chi connectivity index (χ1v) is 16.0. The van der Waals surface area contributed by atoms with Crippen LogP contribution in [0.5, 0.6) is 0 Å². The molecule has 0 radical (unpaired) electrons. The predicted octanol–water partition coefficient (Wildman–Crippen LogP) is 5.27. The lowest BCUT2D eigenvalue weighted by Gasteiger charge is -2.32. The highest BCUT2D eigenvalue weighted by atomic mass is 35.5. The molecule has 0 aliphatic rings. The van der Waals surface area contributed by atoms with Crippen LogP contribution >= 0.6 is 11.6 Å². The zero-order chi connectivity index (χ0) is 30.5. The third-order valence-electron chi connectivity index (χ3n) is 6.53. The molecule has 226 valence electrons. The van der Waals surface area contributed by atoms with E-state index in [-0.39, 0.29) is 35.8 Å². The highest BCUT2D eigenvalue weighted by molar-refractivity contribution is 7.89. The van der Waals surface area contributed by atoms with Crippen LogP contribution in [-0.2, 0) is 37.3 Å². The standard InChI is InChI=1S/C32H40ClN3O5S/c1-4-35-42(39,40)29-18-13-25(14-19-29)15-20-30(37)36(23-26-11-16-28(33)17-12-26)31(27-9-6-5-7-10-27)32(38)34-21-8-22-41-24(2)3/h5-7,9-14,16-19,24,31,35H,4,8,15,20-23H2,1-3H3,(H,34,38). The highest BCUT2D eigenvalue weighted by Crippen LogP contribution is 2.26. The number of carbonyl (C=O) groups is 2. The van der Waals surface area contributed by atoms with Crippen LogP contribution in [0, 0.1) is 0 Å². The monoisotopic (exact) mass is 613 g/mol. The summed E-state index contributed by atoms with van der Waals surface area (Å²) in [5.41, 5.74) is 2.36. The van der Waals surface area contributed by atoms with Gasteiger partial charge in [-0.1, -0.05) is 73.1 Å². The van der Waals surface area contributed by atoms with Crippen LogP contribution in [0.3, 0.4) is 0 Å². The number of sulfonamides is 1. The first kappa shape index (κ1) is 33.3. The molecule has 0 saturated carbocycles. The van der Waals surface area contributed by atoms with Crippen LogP contribution in [0.15, 0.2) is 83.8 Å². The van der Waals surface area contributed by atoms with Gasteiger partial charge in [0, 0.05) is 37.7 Å². The Balaban J connectivity index is 1.83. The summed E-state index contributed by atoms with van der Waals surface area (Å²) < 4.78 is 32.6. The number of amides is 2. The minimum absolute atomic E-state index is 0.110. The Kier molecular flexibility index (Phi) is 13.0. The van der Waals surface area contributed by atoms with Gasteiger partial charge in [0.2, 0.25) is 21.8 Å². The smallest absolute Gasteiger partial charge is 0.247 e. The number of carbonyl (C=O) groups excluding carboxylic acids is 2. The van der Waals surface area contributed by atoms with E-state index in [0.29, 0.717) is 43.1 Å². The number of hydrogen-bond donors (Lipinski definition) is 2. The van der Waals surface area contributed by atoms with Gasteiger partial charge in [0.05, 0.1) is 11.0 Å². The van der Waals surface area contributed by atoms with Gasteiger partial charge in [-0.05, 0) is 67.6 Å². The number of halogens is 1. The molecule has 0 spiro atoms. The van der Waals surface area contributed by atoms with Gasteiger partial charge in [-0.25, -0.2) is 13.1 Å². The molecule has 2 N–H and O–H groups in total. The molecule has 3 rings (SSSR count).